The number of ketones is 1. The molecule has 0 aromatic heterocycles. The van der Waals surface area contributed by atoms with Gasteiger partial charge in [0.15, 0.2) is 5.78 Å². The molecule has 0 radical (unpaired) electrons. The number of ether oxygens (including phenoxy) is 2. The molecule has 10 nitrogen and oxygen atoms in total. The lowest BCUT2D eigenvalue weighted by atomic mass is 9.93. The molecule has 1 aliphatic carbocycles. The number of anilines is 1. The van der Waals surface area contributed by atoms with Crippen LogP contribution in [0.4, 0.5) is 5.69 Å². The van der Waals surface area contributed by atoms with E-state index in [1.807, 2.05) is 24.3 Å². The van der Waals surface area contributed by atoms with Crippen molar-refractivity contribution in [3.8, 4) is 0 Å². The summed E-state index contributed by atoms with van der Waals surface area (Å²) in [7, 11) is 1.72. The summed E-state index contributed by atoms with van der Waals surface area (Å²) >= 11 is 0. The van der Waals surface area contributed by atoms with Crippen LogP contribution in [0.15, 0.2) is 24.3 Å². The highest BCUT2D eigenvalue weighted by atomic mass is 16.5. The fourth-order valence-corrected chi connectivity index (χ4v) is 6.11. The molecule has 4 fully saturated rings. The summed E-state index contributed by atoms with van der Waals surface area (Å²) in [4.78, 5) is 45.7. The number of benzene rings is 1. The van der Waals surface area contributed by atoms with E-state index < -0.39 is 23.7 Å². The van der Waals surface area contributed by atoms with E-state index in [2.05, 4.69) is 15.1 Å². The van der Waals surface area contributed by atoms with Crippen LogP contribution < -0.4 is 16.0 Å². The van der Waals surface area contributed by atoms with Crippen molar-refractivity contribution in [2.24, 2.45) is 5.73 Å². The average molecular weight is 500 g/mol. The largest absolute Gasteiger partial charge is 0.383 e. The van der Waals surface area contributed by atoms with Crippen LogP contribution >= 0.6 is 0 Å². The lowest BCUT2D eigenvalue weighted by Gasteiger charge is -2.36. The van der Waals surface area contributed by atoms with Gasteiger partial charge in [0.25, 0.3) is 5.91 Å². The average Bonchev–Trinajstić information content (AvgIpc) is 3.61. The molecule has 5 rings (SSSR count). The molecule has 3 N–H and O–H groups in total. The minimum absolute atomic E-state index is 0.0132. The third-order valence-corrected chi connectivity index (χ3v) is 8.18. The summed E-state index contributed by atoms with van der Waals surface area (Å²) in [6.07, 6.45) is 2.35. The highest BCUT2D eigenvalue weighted by molar-refractivity contribution is 6.01. The van der Waals surface area contributed by atoms with Crippen LogP contribution in [0.25, 0.3) is 0 Å². The number of amides is 2. The summed E-state index contributed by atoms with van der Waals surface area (Å²) in [5, 5.41) is 3.06. The molecule has 10 heteroatoms. The van der Waals surface area contributed by atoms with Crippen molar-refractivity contribution < 1.29 is 23.9 Å². The van der Waals surface area contributed by atoms with E-state index in [-0.39, 0.29) is 30.7 Å². The van der Waals surface area contributed by atoms with Crippen molar-refractivity contribution >= 4 is 23.3 Å². The van der Waals surface area contributed by atoms with Crippen molar-refractivity contribution in [1.82, 2.24) is 15.1 Å². The van der Waals surface area contributed by atoms with E-state index in [1.54, 1.807) is 12.0 Å². The number of carbonyl (C=O) groups is 3. The van der Waals surface area contributed by atoms with Crippen LogP contribution in [-0.2, 0) is 19.1 Å². The fraction of sp³-hybridized carbons (Fsp3) is 0.654. The normalized spacial score (nSPS) is 27.9. The number of piperazine rings is 1. The Balaban J connectivity index is 1.24. The zero-order valence-electron chi connectivity index (χ0n) is 21.0. The standard InChI is InChI=1S/C26H37N5O5/c1-35-15-14-29-10-12-30(13-11-29)19-6-4-18(5-7-19)24(33)28-26(8-2-3-9-26)25(34)31-16-20(27)23-22(31)21(32)17-36-23/h4-7,20,22-23H,2-3,8-17,27H2,1H3,(H,28,33)/t20-,22+,23+/m0/s1. The lowest BCUT2D eigenvalue weighted by Crippen LogP contribution is -2.60. The van der Waals surface area contributed by atoms with Crippen molar-refractivity contribution in [3.05, 3.63) is 29.8 Å². The van der Waals surface area contributed by atoms with Gasteiger partial charge in [0.05, 0.1) is 12.6 Å². The third-order valence-electron chi connectivity index (χ3n) is 8.18. The minimum Gasteiger partial charge on any atom is -0.383 e. The zero-order valence-corrected chi connectivity index (χ0v) is 21.0. The second-order valence-electron chi connectivity index (χ2n) is 10.4. The number of likely N-dealkylation sites (tertiary alicyclic amines) is 1. The predicted octanol–water partition coefficient (Wildman–Crippen LogP) is 0.00360. The fourth-order valence-electron chi connectivity index (χ4n) is 6.11. The number of Topliss-reactive ketones (excluding diaryl/α,β-unsaturated/α-hetero) is 1. The molecule has 3 atom stereocenters. The molecule has 3 saturated heterocycles. The lowest BCUT2D eigenvalue weighted by molar-refractivity contribution is -0.142. The summed E-state index contributed by atoms with van der Waals surface area (Å²) in [5.41, 5.74) is 6.78. The molecule has 36 heavy (non-hydrogen) atoms. The van der Waals surface area contributed by atoms with Crippen LogP contribution in [0.5, 0.6) is 0 Å². The number of nitrogens with two attached hydrogens (primary N) is 1. The molecule has 1 aromatic carbocycles. The molecule has 3 heterocycles. The number of fused-ring (bicyclic) bond motifs is 1. The number of nitrogens with zero attached hydrogens (tertiary/aromatic N) is 3. The highest BCUT2D eigenvalue weighted by Gasteiger charge is 2.55. The van der Waals surface area contributed by atoms with E-state index in [9.17, 15) is 14.4 Å². The van der Waals surface area contributed by atoms with E-state index in [0.29, 0.717) is 18.4 Å². The first-order valence-corrected chi connectivity index (χ1v) is 13.0. The molecule has 2 amide bonds. The van der Waals surface area contributed by atoms with E-state index in [0.717, 1.165) is 57.9 Å². The second-order valence-corrected chi connectivity index (χ2v) is 10.4. The molecule has 0 unspecified atom stereocenters. The first-order valence-electron chi connectivity index (χ1n) is 13.0. The van der Waals surface area contributed by atoms with Gasteiger partial charge in [-0.15, -0.1) is 0 Å². The van der Waals surface area contributed by atoms with Gasteiger partial charge in [0, 0.05) is 57.6 Å². The van der Waals surface area contributed by atoms with Gasteiger partial charge in [-0.25, -0.2) is 0 Å². The topological polar surface area (TPSA) is 117 Å². The molecule has 1 aromatic rings. The number of methoxy groups -OCH3 is 1. The van der Waals surface area contributed by atoms with E-state index in [1.165, 1.54) is 0 Å². The Morgan fingerprint density at radius 3 is 2.50 bits per heavy atom. The Labute approximate surface area is 212 Å². The van der Waals surface area contributed by atoms with Gasteiger partial charge in [-0.05, 0) is 37.1 Å². The smallest absolute Gasteiger partial charge is 0.252 e. The molecule has 4 aliphatic rings. The highest BCUT2D eigenvalue weighted by Crippen LogP contribution is 2.36. The van der Waals surface area contributed by atoms with Crippen LogP contribution in [-0.4, -0.2) is 111 Å². The number of hydrogen-bond acceptors (Lipinski definition) is 8. The van der Waals surface area contributed by atoms with Gasteiger partial charge >= 0.3 is 0 Å². The van der Waals surface area contributed by atoms with Crippen molar-refractivity contribution in [2.75, 3.05) is 64.5 Å². The Morgan fingerprint density at radius 2 is 1.83 bits per heavy atom. The Bertz CT molecular complexity index is 971. The van der Waals surface area contributed by atoms with Crippen molar-refractivity contribution in [2.45, 2.75) is 49.4 Å². The second kappa shape index (κ2) is 10.5. The number of nitrogens with one attached hydrogen (secondary N) is 1. The molecule has 0 bridgehead atoms. The predicted molar refractivity (Wildman–Crippen MR) is 134 cm³/mol. The number of hydrogen-bond donors (Lipinski definition) is 2. The van der Waals surface area contributed by atoms with Crippen LogP contribution in [0, 0.1) is 0 Å². The quantitative estimate of drug-likeness (QED) is 0.539. The van der Waals surface area contributed by atoms with Crippen LogP contribution in [0.1, 0.15) is 36.0 Å². The van der Waals surface area contributed by atoms with Crippen molar-refractivity contribution in [3.63, 3.8) is 0 Å². The van der Waals surface area contributed by atoms with Crippen LogP contribution in [0.3, 0.4) is 0 Å². The minimum atomic E-state index is -1.01. The SMILES string of the molecule is COCCN1CCN(c2ccc(C(=O)NC3(C(=O)N4C[C@H](N)[C@H]5OCC(=O)[C@H]54)CCCC3)cc2)CC1. The van der Waals surface area contributed by atoms with Crippen molar-refractivity contribution in [1.29, 1.82) is 0 Å². The number of rotatable bonds is 7. The van der Waals surface area contributed by atoms with Gasteiger partial charge in [0.2, 0.25) is 5.91 Å². The summed E-state index contributed by atoms with van der Waals surface area (Å²) in [6, 6.07) is 6.56. The first kappa shape index (κ1) is 25.1. The maximum Gasteiger partial charge on any atom is 0.252 e. The Kier molecular flexibility index (Phi) is 7.30. The molecule has 0 spiro atoms. The van der Waals surface area contributed by atoms with E-state index >= 15 is 0 Å². The molecular weight excluding hydrogens is 462 g/mol. The summed E-state index contributed by atoms with van der Waals surface area (Å²) in [5.74, 6) is -0.593. The maximum absolute atomic E-state index is 13.8. The summed E-state index contributed by atoms with van der Waals surface area (Å²) in [6.45, 7) is 5.74. The van der Waals surface area contributed by atoms with Gasteiger partial charge < -0.3 is 30.3 Å². The molecule has 196 valence electrons. The first-order chi connectivity index (χ1) is 17.4. The molecule has 1 saturated carbocycles. The zero-order chi connectivity index (χ0) is 25.3. The molecular formula is C26H37N5O5. The summed E-state index contributed by atoms with van der Waals surface area (Å²) < 4.78 is 10.7. The maximum atomic E-state index is 13.8. The van der Waals surface area contributed by atoms with Crippen LogP contribution in [0.2, 0.25) is 0 Å². The van der Waals surface area contributed by atoms with Gasteiger partial charge in [-0.1, -0.05) is 12.8 Å². The monoisotopic (exact) mass is 499 g/mol. The Morgan fingerprint density at radius 1 is 1.14 bits per heavy atom. The Hall–Kier alpha value is -2.53. The van der Waals surface area contributed by atoms with Gasteiger partial charge in [-0.3, -0.25) is 19.3 Å². The molecule has 3 aliphatic heterocycles. The number of carbonyl (C=O) groups excluding carboxylic acids is 3. The van der Waals surface area contributed by atoms with E-state index in [4.69, 9.17) is 15.2 Å². The van der Waals surface area contributed by atoms with Gasteiger partial charge in [-0.2, -0.15) is 0 Å². The van der Waals surface area contributed by atoms with Gasteiger partial charge in [0.1, 0.15) is 24.3 Å². The third kappa shape index (κ3) is 4.74.